The van der Waals surface area contributed by atoms with Crippen molar-refractivity contribution in [1.29, 1.82) is 0 Å². The Morgan fingerprint density at radius 2 is 1.71 bits per heavy atom. The Morgan fingerprint density at radius 1 is 1.08 bits per heavy atom. The predicted octanol–water partition coefficient (Wildman–Crippen LogP) is 3.23. The molecule has 2 aromatic carbocycles. The molecule has 24 heavy (non-hydrogen) atoms. The van der Waals surface area contributed by atoms with Gasteiger partial charge >= 0.3 is 5.63 Å². The summed E-state index contributed by atoms with van der Waals surface area (Å²) in [7, 11) is 0. The van der Waals surface area contributed by atoms with E-state index in [1.807, 2.05) is 30.3 Å². The van der Waals surface area contributed by atoms with Crippen molar-refractivity contribution in [1.82, 2.24) is 0 Å². The molecule has 3 aromatic rings. The van der Waals surface area contributed by atoms with Gasteiger partial charge in [-0.25, -0.2) is 4.79 Å². The maximum Gasteiger partial charge on any atom is 0.343 e. The summed E-state index contributed by atoms with van der Waals surface area (Å²) in [5.41, 5.74) is 0.635. The van der Waals surface area contributed by atoms with Gasteiger partial charge in [0, 0.05) is 29.7 Å². The van der Waals surface area contributed by atoms with Crippen molar-refractivity contribution in [2.75, 3.05) is 0 Å². The van der Waals surface area contributed by atoms with Crippen LogP contribution in [-0.2, 0) is 4.79 Å². The molecule has 0 bridgehead atoms. The van der Waals surface area contributed by atoms with Gasteiger partial charge in [0.25, 0.3) is 0 Å². The number of rotatable bonds is 4. The summed E-state index contributed by atoms with van der Waals surface area (Å²) in [5.74, 6) is -0.715. The summed E-state index contributed by atoms with van der Waals surface area (Å²) in [5, 5.41) is 11.1. The first-order chi connectivity index (χ1) is 11.1. The molecule has 0 amide bonds. The molecular weight excluding hydrogens is 319 g/mol. The van der Waals surface area contributed by atoms with Gasteiger partial charge in [-0.15, -0.1) is 0 Å². The van der Waals surface area contributed by atoms with Gasteiger partial charge in [-0.2, -0.15) is 0 Å². The monoisotopic (exact) mass is 335 g/mol. The Kier molecular flexibility index (Phi) is 5.61. The lowest BCUT2D eigenvalue weighted by Crippen LogP contribution is -2.16. The topological polar surface area (TPSA) is 67.5 Å². The molecular formula is C19H16AlO4. The smallest absolute Gasteiger partial charge is 0.343 e. The molecule has 3 radical (unpaired) electrons. The number of hydrogen-bond acceptors (Lipinski definition) is 4. The molecule has 0 aliphatic heterocycles. The Labute approximate surface area is 149 Å². The molecule has 1 N–H and O–H groups in total. The largest absolute Gasteiger partial charge is 0.507 e. The van der Waals surface area contributed by atoms with Gasteiger partial charge in [0.15, 0.2) is 0 Å². The highest BCUT2D eigenvalue weighted by Gasteiger charge is 2.25. The molecule has 0 aliphatic carbocycles. The molecule has 1 heterocycles. The molecule has 0 fully saturated rings. The average molecular weight is 335 g/mol. The SMILES string of the molecule is CC(=O)CC(c1ccccc1)c1c(O)c2ccccc2oc1=O.[Al]. The second kappa shape index (κ2) is 7.48. The predicted molar refractivity (Wildman–Crippen MR) is 93.5 cm³/mol. The van der Waals surface area contributed by atoms with E-state index in [0.717, 1.165) is 5.56 Å². The Hall–Kier alpha value is -2.35. The van der Waals surface area contributed by atoms with Crippen LogP contribution in [-0.4, -0.2) is 28.3 Å². The van der Waals surface area contributed by atoms with Gasteiger partial charge in [-0.3, -0.25) is 4.79 Å². The van der Waals surface area contributed by atoms with Gasteiger partial charge in [0.2, 0.25) is 0 Å². The van der Waals surface area contributed by atoms with Crippen LogP contribution in [0.3, 0.4) is 0 Å². The third-order valence-electron chi connectivity index (χ3n) is 3.86. The van der Waals surface area contributed by atoms with Crippen molar-refractivity contribution >= 4 is 34.1 Å². The first kappa shape index (κ1) is 18.0. The maximum absolute atomic E-state index is 12.4. The van der Waals surface area contributed by atoms with Crippen LogP contribution in [0.1, 0.15) is 30.4 Å². The maximum atomic E-state index is 12.4. The van der Waals surface area contributed by atoms with Gasteiger partial charge in [-0.1, -0.05) is 42.5 Å². The number of fused-ring (bicyclic) bond motifs is 1. The number of benzene rings is 2. The van der Waals surface area contributed by atoms with Crippen LogP contribution in [0, 0.1) is 0 Å². The Balaban J connectivity index is 0.00000208. The van der Waals surface area contributed by atoms with Gasteiger partial charge in [-0.05, 0) is 24.6 Å². The summed E-state index contributed by atoms with van der Waals surface area (Å²) in [4.78, 5) is 24.1. The van der Waals surface area contributed by atoms with Crippen LogP contribution in [0.15, 0.2) is 63.8 Å². The van der Waals surface area contributed by atoms with E-state index in [-0.39, 0.29) is 40.9 Å². The third kappa shape index (κ3) is 3.43. The van der Waals surface area contributed by atoms with Crippen LogP contribution in [0.25, 0.3) is 11.0 Å². The van der Waals surface area contributed by atoms with E-state index in [1.165, 1.54) is 6.92 Å². The number of carbonyl (C=O) groups is 1. The van der Waals surface area contributed by atoms with Gasteiger partial charge in [0.1, 0.15) is 17.1 Å². The highest BCUT2D eigenvalue weighted by Crippen LogP contribution is 2.35. The van der Waals surface area contributed by atoms with E-state index in [9.17, 15) is 14.7 Å². The highest BCUT2D eigenvalue weighted by molar-refractivity contribution is 5.85. The van der Waals surface area contributed by atoms with Crippen molar-refractivity contribution in [3.8, 4) is 5.75 Å². The van der Waals surface area contributed by atoms with Crippen molar-refractivity contribution in [2.24, 2.45) is 0 Å². The summed E-state index contributed by atoms with van der Waals surface area (Å²) >= 11 is 0. The van der Waals surface area contributed by atoms with Crippen LogP contribution < -0.4 is 5.63 Å². The Bertz CT molecular complexity index is 916. The Morgan fingerprint density at radius 3 is 2.38 bits per heavy atom. The number of Topliss-reactive ketones (excluding diaryl/α,β-unsaturated/α-hetero) is 1. The minimum Gasteiger partial charge on any atom is -0.507 e. The molecule has 0 saturated carbocycles. The van der Waals surface area contributed by atoms with Crippen molar-refractivity contribution < 1.29 is 14.3 Å². The van der Waals surface area contributed by atoms with Crippen molar-refractivity contribution in [3.05, 3.63) is 76.1 Å². The quantitative estimate of drug-likeness (QED) is 0.587. The van der Waals surface area contributed by atoms with E-state index in [4.69, 9.17) is 4.42 Å². The normalized spacial score (nSPS) is 11.7. The fraction of sp³-hybridized carbons (Fsp3) is 0.158. The molecule has 1 unspecified atom stereocenters. The zero-order chi connectivity index (χ0) is 16.4. The number of ketones is 1. The fourth-order valence-corrected chi connectivity index (χ4v) is 2.81. The number of aromatic hydroxyl groups is 1. The molecule has 1 aromatic heterocycles. The van der Waals surface area contributed by atoms with E-state index >= 15 is 0 Å². The lowest BCUT2D eigenvalue weighted by Gasteiger charge is -2.17. The minimum absolute atomic E-state index is 0. The highest BCUT2D eigenvalue weighted by atomic mass is 27.0. The molecule has 0 saturated heterocycles. The van der Waals surface area contributed by atoms with Crippen LogP contribution in [0.2, 0.25) is 0 Å². The molecule has 0 aliphatic rings. The first-order valence-corrected chi connectivity index (χ1v) is 7.37. The molecule has 3 rings (SSSR count). The average Bonchev–Trinajstić information content (AvgIpc) is 2.54. The summed E-state index contributed by atoms with van der Waals surface area (Å²) in [6.45, 7) is 1.47. The molecule has 1 atom stereocenters. The summed E-state index contributed by atoms with van der Waals surface area (Å²) < 4.78 is 5.33. The molecule has 0 spiro atoms. The molecule has 4 nitrogen and oxygen atoms in total. The second-order valence-electron chi connectivity index (χ2n) is 5.52. The third-order valence-corrected chi connectivity index (χ3v) is 3.86. The summed E-state index contributed by atoms with van der Waals surface area (Å²) in [6.07, 6.45) is 0.126. The van der Waals surface area contributed by atoms with Gasteiger partial charge < -0.3 is 9.52 Å². The lowest BCUT2D eigenvalue weighted by atomic mass is 9.87. The fourth-order valence-electron chi connectivity index (χ4n) is 2.81. The van der Waals surface area contributed by atoms with Crippen LogP contribution >= 0.6 is 0 Å². The summed E-state index contributed by atoms with van der Waals surface area (Å²) in [6, 6.07) is 16.0. The van der Waals surface area contributed by atoms with E-state index in [0.29, 0.717) is 11.0 Å². The number of para-hydroxylation sites is 1. The van der Waals surface area contributed by atoms with E-state index < -0.39 is 11.5 Å². The minimum atomic E-state index is -0.615. The van der Waals surface area contributed by atoms with Crippen LogP contribution in [0.4, 0.5) is 0 Å². The second-order valence-corrected chi connectivity index (χ2v) is 5.52. The number of hydrogen-bond donors (Lipinski definition) is 1. The molecule has 119 valence electrons. The van der Waals surface area contributed by atoms with Gasteiger partial charge in [0.05, 0.1) is 10.9 Å². The lowest BCUT2D eigenvalue weighted by molar-refractivity contribution is -0.117. The van der Waals surface area contributed by atoms with Crippen molar-refractivity contribution in [3.63, 3.8) is 0 Å². The zero-order valence-corrected chi connectivity index (χ0v) is 14.4. The first-order valence-electron chi connectivity index (χ1n) is 7.37. The zero-order valence-electron chi connectivity index (χ0n) is 13.2. The van der Waals surface area contributed by atoms with Crippen LogP contribution in [0.5, 0.6) is 5.75 Å². The van der Waals surface area contributed by atoms with E-state index in [2.05, 4.69) is 0 Å². The standard InChI is InChI=1S/C19H16O4.Al/c1-12(20)11-15(13-7-3-2-4-8-13)17-18(21)14-9-5-6-10-16(14)23-19(17)22;/h2-10,15,21H,11H2,1H3;. The molecule has 5 heteroatoms. The number of carbonyl (C=O) groups excluding carboxylic acids is 1. The van der Waals surface area contributed by atoms with E-state index in [1.54, 1.807) is 24.3 Å². The van der Waals surface area contributed by atoms with Crippen molar-refractivity contribution in [2.45, 2.75) is 19.3 Å².